The van der Waals surface area contributed by atoms with Gasteiger partial charge in [0, 0.05) is 29.9 Å². The SMILES string of the molecule is NCCc1c[nH]c2ccc(OC(=O)CCCC=O)cc12. The zero-order chi connectivity index (χ0) is 14.4. The molecule has 1 heterocycles. The van der Waals surface area contributed by atoms with Crippen LogP contribution in [0.3, 0.4) is 0 Å². The van der Waals surface area contributed by atoms with Crippen LogP contribution in [0.4, 0.5) is 0 Å². The number of aromatic amines is 1. The fraction of sp³-hybridized carbons (Fsp3) is 0.333. The summed E-state index contributed by atoms with van der Waals surface area (Å²) in [7, 11) is 0. The van der Waals surface area contributed by atoms with Crippen molar-refractivity contribution in [3.63, 3.8) is 0 Å². The Bertz CT molecular complexity index is 604. The molecule has 0 amide bonds. The second-order valence-electron chi connectivity index (χ2n) is 4.59. The molecule has 3 N–H and O–H groups in total. The van der Waals surface area contributed by atoms with Gasteiger partial charge in [0.15, 0.2) is 0 Å². The number of rotatable bonds is 7. The maximum Gasteiger partial charge on any atom is 0.311 e. The summed E-state index contributed by atoms with van der Waals surface area (Å²) in [6, 6.07) is 5.47. The first-order valence-corrected chi connectivity index (χ1v) is 6.69. The Kier molecular flexibility index (Phi) is 4.90. The molecule has 20 heavy (non-hydrogen) atoms. The Morgan fingerprint density at radius 3 is 3.00 bits per heavy atom. The van der Waals surface area contributed by atoms with Gasteiger partial charge in [-0.25, -0.2) is 0 Å². The van der Waals surface area contributed by atoms with Gasteiger partial charge in [0.25, 0.3) is 0 Å². The minimum Gasteiger partial charge on any atom is -0.427 e. The topological polar surface area (TPSA) is 85.2 Å². The molecule has 0 unspecified atom stereocenters. The van der Waals surface area contributed by atoms with Gasteiger partial charge in [-0.3, -0.25) is 4.79 Å². The van der Waals surface area contributed by atoms with Crippen LogP contribution in [-0.2, 0) is 16.0 Å². The van der Waals surface area contributed by atoms with Crippen LogP contribution in [0.15, 0.2) is 24.4 Å². The van der Waals surface area contributed by atoms with Crippen molar-refractivity contribution in [2.75, 3.05) is 6.54 Å². The van der Waals surface area contributed by atoms with Gasteiger partial charge < -0.3 is 20.2 Å². The number of aldehydes is 1. The van der Waals surface area contributed by atoms with Crippen LogP contribution in [0.1, 0.15) is 24.8 Å². The van der Waals surface area contributed by atoms with E-state index in [1.165, 1.54) is 0 Å². The summed E-state index contributed by atoms with van der Waals surface area (Å²) in [5.41, 5.74) is 7.68. The summed E-state index contributed by atoms with van der Waals surface area (Å²) in [6.45, 7) is 0.572. The number of unbranched alkanes of at least 4 members (excludes halogenated alkanes) is 1. The minimum absolute atomic E-state index is 0.250. The molecule has 106 valence electrons. The molecule has 1 aromatic heterocycles. The predicted octanol–water partition coefficient (Wildman–Crippen LogP) is 1.94. The van der Waals surface area contributed by atoms with Crippen molar-refractivity contribution in [2.45, 2.75) is 25.7 Å². The molecule has 2 rings (SSSR count). The molecule has 0 radical (unpaired) electrons. The first-order chi connectivity index (χ1) is 9.74. The average Bonchev–Trinajstić information content (AvgIpc) is 2.82. The van der Waals surface area contributed by atoms with Crippen molar-refractivity contribution in [1.82, 2.24) is 4.98 Å². The lowest BCUT2D eigenvalue weighted by Crippen LogP contribution is -2.07. The standard InChI is InChI=1S/C15H18N2O3/c16-7-6-11-10-17-14-5-4-12(9-13(11)14)20-15(19)3-1-2-8-18/h4-5,8-10,17H,1-3,6-7,16H2. The molecule has 0 spiro atoms. The first kappa shape index (κ1) is 14.3. The Morgan fingerprint density at radius 2 is 2.25 bits per heavy atom. The summed E-state index contributed by atoms with van der Waals surface area (Å²) < 4.78 is 5.27. The number of benzene rings is 1. The lowest BCUT2D eigenvalue weighted by molar-refractivity contribution is -0.134. The smallest absolute Gasteiger partial charge is 0.311 e. The summed E-state index contributed by atoms with van der Waals surface area (Å²) in [4.78, 5) is 25.0. The number of nitrogens with one attached hydrogen (secondary N) is 1. The highest BCUT2D eigenvalue weighted by Crippen LogP contribution is 2.24. The molecule has 0 aliphatic heterocycles. The Balaban J connectivity index is 2.08. The average molecular weight is 274 g/mol. The highest BCUT2D eigenvalue weighted by molar-refractivity contribution is 5.85. The van der Waals surface area contributed by atoms with Crippen LogP contribution in [-0.4, -0.2) is 23.8 Å². The Labute approximate surface area is 117 Å². The number of nitrogens with two attached hydrogens (primary N) is 1. The molecule has 0 fully saturated rings. The fourth-order valence-electron chi connectivity index (χ4n) is 2.10. The number of hydrogen-bond donors (Lipinski definition) is 2. The van der Waals surface area contributed by atoms with Crippen LogP contribution >= 0.6 is 0 Å². The van der Waals surface area contributed by atoms with Crippen molar-refractivity contribution >= 4 is 23.2 Å². The molecule has 2 aromatic rings. The van der Waals surface area contributed by atoms with Gasteiger partial charge in [0.2, 0.25) is 0 Å². The number of fused-ring (bicyclic) bond motifs is 1. The largest absolute Gasteiger partial charge is 0.427 e. The molecular formula is C15H18N2O3. The Morgan fingerprint density at radius 1 is 1.40 bits per heavy atom. The minimum atomic E-state index is -0.317. The molecule has 0 saturated heterocycles. The highest BCUT2D eigenvalue weighted by atomic mass is 16.5. The molecule has 0 saturated carbocycles. The summed E-state index contributed by atoms with van der Waals surface area (Å²) in [5.74, 6) is 0.202. The number of carbonyl (C=O) groups is 2. The summed E-state index contributed by atoms with van der Waals surface area (Å²) in [5, 5.41) is 1.02. The van der Waals surface area contributed by atoms with E-state index in [2.05, 4.69) is 4.98 Å². The molecule has 0 atom stereocenters. The lowest BCUT2D eigenvalue weighted by Gasteiger charge is -2.04. The van der Waals surface area contributed by atoms with Gasteiger partial charge in [-0.05, 0) is 43.1 Å². The predicted molar refractivity (Wildman–Crippen MR) is 76.6 cm³/mol. The van der Waals surface area contributed by atoms with Gasteiger partial charge in [-0.1, -0.05) is 0 Å². The van der Waals surface area contributed by atoms with Crippen LogP contribution in [0.2, 0.25) is 0 Å². The van der Waals surface area contributed by atoms with Crippen molar-refractivity contribution in [1.29, 1.82) is 0 Å². The molecule has 0 bridgehead atoms. The fourth-order valence-corrected chi connectivity index (χ4v) is 2.10. The maximum atomic E-state index is 11.6. The van der Waals surface area contributed by atoms with Crippen molar-refractivity contribution in [2.24, 2.45) is 5.73 Å². The quantitative estimate of drug-likeness (QED) is 0.350. The lowest BCUT2D eigenvalue weighted by atomic mass is 10.1. The van der Waals surface area contributed by atoms with E-state index in [4.69, 9.17) is 10.5 Å². The molecule has 5 heteroatoms. The number of esters is 1. The number of hydrogen-bond acceptors (Lipinski definition) is 4. The van der Waals surface area contributed by atoms with E-state index in [-0.39, 0.29) is 12.4 Å². The normalized spacial score (nSPS) is 10.7. The highest BCUT2D eigenvalue weighted by Gasteiger charge is 2.08. The zero-order valence-electron chi connectivity index (χ0n) is 11.2. The zero-order valence-corrected chi connectivity index (χ0v) is 11.2. The summed E-state index contributed by atoms with van der Waals surface area (Å²) in [6.07, 6.45) is 4.65. The summed E-state index contributed by atoms with van der Waals surface area (Å²) >= 11 is 0. The number of carbonyl (C=O) groups excluding carboxylic acids is 2. The van der Waals surface area contributed by atoms with Gasteiger partial charge in [-0.15, -0.1) is 0 Å². The van der Waals surface area contributed by atoms with Gasteiger partial charge in [0.05, 0.1) is 0 Å². The van der Waals surface area contributed by atoms with Crippen LogP contribution in [0.5, 0.6) is 5.75 Å². The van der Waals surface area contributed by atoms with E-state index >= 15 is 0 Å². The number of ether oxygens (including phenoxy) is 1. The second-order valence-corrected chi connectivity index (χ2v) is 4.59. The molecule has 0 aliphatic carbocycles. The third-order valence-electron chi connectivity index (χ3n) is 3.09. The monoisotopic (exact) mass is 274 g/mol. The van der Waals surface area contributed by atoms with E-state index in [1.807, 2.05) is 18.3 Å². The van der Waals surface area contributed by atoms with Gasteiger partial charge in [0.1, 0.15) is 12.0 Å². The number of aromatic nitrogens is 1. The van der Waals surface area contributed by atoms with Crippen LogP contribution in [0.25, 0.3) is 10.9 Å². The van der Waals surface area contributed by atoms with Gasteiger partial charge in [-0.2, -0.15) is 0 Å². The third-order valence-corrected chi connectivity index (χ3v) is 3.09. The molecule has 5 nitrogen and oxygen atoms in total. The van der Waals surface area contributed by atoms with E-state index in [1.54, 1.807) is 6.07 Å². The van der Waals surface area contributed by atoms with Crippen LogP contribution < -0.4 is 10.5 Å². The number of H-pyrrole nitrogens is 1. The van der Waals surface area contributed by atoms with Crippen LogP contribution in [0, 0.1) is 0 Å². The van der Waals surface area contributed by atoms with Gasteiger partial charge >= 0.3 is 5.97 Å². The Hall–Kier alpha value is -2.14. The second kappa shape index (κ2) is 6.86. The van der Waals surface area contributed by atoms with Crippen molar-refractivity contribution in [3.8, 4) is 5.75 Å². The van der Waals surface area contributed by atoms with E-state index < -0.39 is 0 Å². The maximum absolute atomic E-state index is 11.6. The third kappa shape index (κ3) is 3.45. The van der Waals surface area contributed by atoms with E-state index in [0.29, 0.717) is 25.1 Å². The van der Waals surface area contributed by atoms with E-state index in [0.717, 1.165) is 29.2 Å². The van der Waals surface area contributed by atoms with Crippen molar-refractivity contribution < 1.29 is 14.3 Å². The molecular weight excluding hydrogens is 256 g/mol. The molecule has 1 aromatic carbocycles. The van der Waals surface area contributed by atoms with Crippen molar-refractivity contribution in [3.05, 3.63) is 30.0 Å². The molecule has 0 aliphatic rings. The first-order valence-electron chi connectivity index (χ1n) is 6.69. The van der Waals surface area contributed by atoms with E-state index in [9.17, 15) is 9.59 Å².